The van der Waals surface area contributed by atoms with Crippen LogP contribution >= 0.6 is 15.9 Å². The topological polar surface area (TPSA) is 96.9 Å². The predicted octanol–water partition coefficient (Wildman–Crippen LogP) is 5.68. The van der Waals surface area contributed by atoms with Crippen LogP contribution in [0.5, 0.6) is 5.75 Å². The molecule has 2 aromatic carbocycles. The van der Waals surface area contributed by atoms with Crippen molar-refractivity contribution in [3.63, 3.8) is 0 Å². The third-order valence-corrected chi connectivity index (χ3v) is 5.80. The van der Waals surface area contributed by atoms with Crippen molar-refractivity contribution in [3.05, 3.63) is 63.6 Å². The van der Waals surface area contributed by atoms with E-state index in [1.54, 1.807) is 30.3 Å². The monoisotopic (exact) mass is 543 g/mol. The van der Waals surface area contributed by atoms with Crippen LogP contribution in [0.1, 0.15) is 79.8 Å². The van der Waals surface area contributed by atoms with Crippen molar-refractivity contribution in [1.29, 1.82) is 0 Å². The Morgan fingerprint density at radius 2 is 1.63 bits per heavy atom. The van der Waals surface area contributed by atoms with Gasteiger partial charge in [-0.3, -0.25) is 9.59 Å². The summed E-state index contributed by atoms with van der Waals surface area (Å²) in [5.74, 6) is -0.771. The smallest absolute Gasteiger partial charge is 0.343 e. The van der Waals surface area contributed by atoms with Crippen LogP contribution in [-0.4, -0.2) is 30.5 Å². The Balaban J connectivity index is 1.78. The normalized spacial score (nSPS) is 10.8. The Kier molecular flexibility index (Phi) is 12.8. The largest absolute Gasteiger partial charge is 0.422 e. The number of nitrogens with zero attached hydrogens (tertiary/aromatic N) is 1. The van der Waals surface area contributed by atoms with Gasteiger partial charge in [0.25, 0.3) is 5.91 Å². The number of rotatable bonds is 14. The average Bonchev–Trinajstić information content (AvgIpc) is 2.84. The molecule has 0 bridgehead atoms. The summed E-state index contributed by atoms with van der Waals surface area (Å²) in [6, 6.07) is 12.2. The van der Waals surface area contributed by atoms with Gasteiger partial charge in [-0.05, 0) is 43.7 Å². The Hall–Kier alpha value is -3.00. The van der Waals surface area contributed by atoms with Crippen molar-refractivity contribution in [3.8, 4) is 5.75 Å². The molecule has 2 amide bonds. The van der Waals surface area contributed by atoms with E-state index < -0.39 is 11.9 Å². The number of ether oxygens (including phenoxy) is 1. The first-order valence-corrected chi connectivity index (χ1v) is 12.9. The van der Waals surface area contributed by atoms with Crippen molar-refractivity contribution in [2.75, 3.05) is 6.54 Å². The van der Waals surface area contributed by atoms with E-state index in [-0.39, 0.29) is 12.5 Å². The number of hydrazone groups is 1. The van der Waals surface area contributed by atoms with E-state index in [0.717, 1.165) is 29.3 Å². The highest BCUT2D eigenvalue weighted by molar-refractivity contribution is 9.10. The van der Waals surface area contributed by atoms with Crippen LogP contribution in [0.4, 0.5) is 0 Å². The van der Waals surface area contributed by atoms with Gasteiger partial charge >= 0.3 is 5.97 Å². The minimum atomic E-state index is -0.491. The molecule has 0 radical (unpaired) electrons. The maximum absolute atomic E-state index is 12.5. The molecule has 188 valence electrons. The minimum absolute atomic E-state index is 0.144. The van der Waals surface area contributed by atoms with Crippen molar-refractivity contribution in [1.82, 2.24) is 10.7 Å². The van der Waals surface area contributed by atoms with Crippen LogP contribution in [0.25, 0.3) is 0 Å². The van der Waals surface area contributed by atoms with Gasteiger partial charge in [0.1, 0.15) is 5.75 Å². The number of carbonyl (C=O) groups excluding carboxylic acids is 3. The molecule has 0 fully saturated rings. The highest BCUT2D eigenvalue weighted by Crippen LogP contribution is 2.23. The Morgan fingerprint density at radius 3 is 2.34 bits per heavy atom. The molecule has 7 nitrogen and oxygen atoms in total. The molecular weight excluding hydrogens is 510 g/mol. The van der Waals surface area contributed by atoms with Crippen LogP contribution < -0.4 is 15.5 Å². The quantitative estimate of drug-likeness (QED) is 0.105. The van der Waals surface area contributed by atoms with E-state index in [9.17, 15) is 14.4 Å². The molecule has 0 aliphatic heterocycles. The Bertz CT molecular complexity index is 1010. The summed E-state index contributed by atoms with van der Waals surface area (Å²) in [5.41, 5.74) is 4.36. The van der Waals surface area contributed by atoms with E-state index in [0.29, 0.717) is 23.3 Å². The fourth-order valence-electron chi connectivity index (χ4n) is 3.28. The summed E-state index contributed by atoms with van der Waals surface area (Å²) in [6.45, 7) is 3.98. The SMILES string of the molecule is CCCCCCCCCC(=O)NCC(=O)N/N=C/c1cc(Br)ccc1OC(=O)c1ccc(C)cc1. The number of unbranched alkanes of at least 4 members (excludes halogenated alkanes) is 6. The maximum atomic E-state index is 12.5. The second kappa shape index (κ2) is 15.8. The van der Waals surface area contributed by atoms with Gasteiger partial charge in [0.05, 0.1) is 18.3 Å². The average molecular weight is 544 g/mol. The van der Waals surface area contributed by atoms with Crippen LogP contribution in [0, 0.1) is 6.92 Å². The second-order valence-corrected chi connectivity index (χ2v) is 9.29. The first-order valence-electron chi connectivity index (χ1n) is 12.1. The number of hydrogen-bond acceptors (Lipinski definition) is 5. The number of hydrogen-bond donors (Lipinski definition) is 2. The van der Waals surface area contributed by atoms with Gasteiger partial charge < -0.3 is 10.1 Å². The van der Waals surface area contributed by atoms with E-state index >= 15 is 0 Å². The molecule has 0 atom stereocenters. The fourth-order valence-corrected chi connectivity index (χ4v) is 3.66. The molecule has 0 saturated carbocycles. The number of halogens is 1. The van der Waals surface area contributed by atoms with Crippen LogP contribution in [0.15, 0.2) is 52.0 Å². The van der Waals surface area contributed by atoms with E-state index in [2.05, 4.69) is 38.7 Å². The molecule has 0 aromatic heterocycles. The molecule has 0 spiro atoms. The zero-order valence-corrected chi connectivity index (χ0v) is 22.0. The summed E-state index contributed by atoms with van der Waals surface area (Å²) in [6.07, 6.45) is 9.74. The number of esters is 1. The molecular formula is C27H34BrN3O4. The third-order valence-electron chi connectivity index (χ3n) is 5.31. The molecule has 2 N–H and O–H groups in total. The highest BCUT2D eigenvalue weighted by atomic mass is 79.9. The fraction of sp³-hybridized carbons (Fsp3) is 0.407. The minimum Gasteiger partial charge on any atom is -0.422 e. The van der Waals surface area contributed by atoms with Gasteiger partial charge in [-0.1, -0.05) is 79.1 Å². The van der Waals surface area contributed by atoms with E-state index in [1.807, 2.05) is 19.1 Å². The molecule has 0 aliphatic rings. The molecule has 0 heterocycles. The van der Waals surface area contributed by atoms with Crippen LogP contribution in [0.2, 0.25) is 0 Å². The lowest BCUT2D eigenvalue weighted by atomic mass is 10.1. The van der Waals surface area contributed by atoms with Gasteiger partial charge in [0.15, 0.2) is 0 Å². The molecule has 35 heavy (non-hydrogen) atoms. The Labute approximate surface area is 215 Å². The zero-order valence-electron chi connectivity index (χ0n) is 20.4. The van der Waals surface area contributed by atoms with Gasteiger partial charge in [-0.15, -0.1) is 0 Å². The third kappa shape index (κ3) is 11.3. The molecule has 0 aliphatic carbocycles. The van der Waals surface area contributed by atoms with Gasteiger partial charge in [-0.25, -0.2) is 10.2 Å². The summed E-state index contributed by atoms with van der Waals surface area (Å²) in [7, 11) is 0. The van der Waals surface area contributed by atoms with Gasteiger partial charge in [0, 0.05) is 16.5 Å². The van der Waals surface area contributed by atoms with Gasteiger partial charge in [-0.2, -0.15) is 5.10 Å². The number of nitrogens with one attached hydrogen (secondary N) is 2. The molecule has 8 heteroatoms. The lowest BCUT2D eigenvalue weighted by Gasteiger charge is -2.08. The number of carbonyl (C=O) groups is 3. The van der Waals surface area contributed by atoms with Crippen LogP contribution in [-0.2, 0) is 9.59 Å². The first-order chi connectivity index (χ1) is 16.9. The van der Waals surface area contributed by atoms with Crippen molar-refractivity contribution in [2.24, 2.45) is 5.10 Å². The first kappa shape index (κ1) is 28.2. The standard InChI is InChI=1S/C27H34BrN3O4/c1-3-4-5-6-7-8-9-10-25(32)29-19-26(33)31-30-18-22-17-23(28)15-16-24(22)35-27(34)21-13-11-20(2)12-14-21/h11-18H,3-10,19H2,1-2H3,(H,29,32)(H,31,33)/b30-18+. The lowest BCUT2D eigenvalue weighted by Crippen LogP contribution is -2.34. The van der Waals surface area contributed by atoms with E-state index in [1.165, 1.54) is 31.9 Å². The summed E-state index contributed by atoms with van der Waals surface area (Å²) < 4.78 is 6.28. The van der Waals surface area contributed by atoms with Gasteiger partial charge in [0.2, 0.25) is 5.91 Å². The summed E-state index contributed by atoms with van der Waals surface area (Å²) in [5, 5.41) is 6.55. The maximum Gasteiger partial charge on any atom is 0.343 e. The van der Waals surface area contributed by atoms with Crippen molar-refractivity contribution < 1.29 is 19.1 Å². The van der Waals surface area contributed by atoms with Crippen LogP contribution in [0.3, 0.4) is 0 Å². The van der Waals surface area contributed by atoms with Crippen molar-refractivity contribution >= 4 is 39.9 Å². The Morgan fingerprint density at radius 1 is 0.943 bits per heavy atom. The summed E-state index contributed by atoms with van der Waals surface area (Å²) >= 11 is 3.38. The molecule has 2 rings (SSSR count). The zero-order chi connectivity index (χ0) is 25.5. The molecule has 2 aromatic rings. The second-order valence-electron chi connectivity index (χ2n) is 8.38. The molecule has 0 unspecified atom stereocenters. The number of amides is 2. The highest BCUT2D eigenvalue weighted by Gasteiger charge is 2.12. The lowest BCUT2D eigenvalue weighted by molar-refractivity contribution is -0.126. The summed E-state index contributed by atoms with van der Waals surface area (Å²) in [4.78, 5) is 36.4. The molecule has 0 saturated heterocycles. The van der Waals surface area contributed by atoms with E-state index in [4.69, 9.17) is 4.74 Å². The predicted molar refractivity (Wildman–Crippen MR) is 142 cm³/mol. The number of benzene rings is 2. The number of aryl methyl sites for hydroxylation is 1. The van der Waals surface area contributed by atoms with Crippen molar-refractivity contribution in [2.45, 2.75) is 65.2 Å².